The van der Waals surface area contributed by atoms with Crippen LogP contribution >= 0.6 is 0 Å². The van der Waals surface area contributed by atoms with Gasteiger partial charge in [0.15, 0.2) is 5.65 Å². The van der Waals surface area contributed by atoms with Crippen LogP contribution in [0.5, 0.6) is 5.75 Å². The van der Waals surface area contributed by atoms with E-state index >= 15 is 0 Å². The number of phenolic OH excluding ortho intramolecular Hbond substituents is 1. The molecule has 75 heavy (non-hydrogen) atoms. The van der Waals surface area contributed by atoms with Crippen LogP contribution in [0, 0.1) is 6.07 Å². The third-order valence-corrected chi connectivity index (χ3v) is 14.2. The first-order chi connectivity index (χ1) is 35.1. The summed E-state index contributed by atoms with van der Waals surface area (Å²) < 4.78 is 2.20. The zero-order chi connectivity index (χ0) is 52.3. The van der Waals surface area contributed by atoms with Crippen molar-refractivity contribution in [2.45, 2.75) is 105 Å². The molecule has 1 N–H and O–H groups in total. The van der Waals surface area contributed by atoms with Crippen molar-refractivity contribution < 1.29 is 26.2 Å². The summed E-state index contributed by atoms with van der Waals surface area (Å²) in [5.41, 5.74) is 17.9. The molecule has 0 fully saturated rings. The molecule has 7 heteroatoms. The summed E-state index contributed by atoms with van der Waals surface area (Å²) in [6.07, 6.45) is 3.42. The number of aromatic hydroxyl groups is 1. The van der Waals surface area contributed by atoms with E-state index < -0.39 is 0 Å². The summed E-state index contributed by atoms with van der Waals surface area (Å²) >= 11 is 0. The average molecular weight is 1160 g/mol. The molecule has 0 atom stereocenters. The zero-order valence-corrected chi connectivity index (χ0v) is 47.5. The number of benzene rings is 7. The van der Waals surface area contributed by atoms with Gasteiger partial charge in [0.1, 0.15) is 17.6 Å². The maximum absolute atomic E-state index is 12.6. The second kappa shape index (κ2) is 20.1. The molecule has 0 spiro atoms. The van der Waals surface area contributed by atoms with Crippen molar-refractivity contribution >= 4 is 11.2 Å². The van der Waals surface area contributed by atoms with Crippen molar-refractivity contribution in [3.63, 3.8) is 0 Å². The maximum Gasteiger partial charge on any atom is 0.173 e. The van der Waals surface area contributed by atoms with E-state index in [1.807, 2.05) is 6.20 Å². The van der Waals surface area contributed by atoms with Gasteiger partial charge in [-0.05, 0) is 96.0 Å². The summed E-state index contributed by atoms with van der Waals surface area (Å²) in [6.45, 7) is 26.6. The van der Waals surface area contributed by atoms with Crippen molar-refractivity contribution in [1.82, 2.24) is 24.5 Å². The molecule has 0 aliphatic rings. The van der Waals surface area contributed by atoms with Gasteiger partial charge in [0, 0.05) is 49.1 Å². The van der Waals surface area contributed by atoms with E-state index in [-0.39, 0.29) is 48.5 Å². The third-order valence-electron chi connectivity index (χ3n) is 14.2. The van der Waals surface area contributed by atoms with Crippen molar-refractivity contribution in [2.75, 3.05) is 0 Å². The first kappa shape index (κ1) is 52.6. The molecule has 3 heterocycles. The molecule has 7 aromatic carbocycles. The molecule has 0 aliphatic heterocycles. The van der Waals surface area contributed by atoms with Gasteiger partial charge in [0.25, 0.3) is 0 Å². The maximum atomic E-state index is 12.6. The van der Waals surface area contributed by atoms with Gasteiger partial charge < -0.3 is 9.67 Å². The largest absolute Gasteiger partial charge is 0.507 e. The quantitative estimate of drug-likeness (QED) is 0.153. The van der Waals surface area contributed by atoms with Gasteiger partial charge >= 0.3 is 0 Å². The smallest absolute Gasteiger partial charge is 0.173 e. The number of fused-ring (bicyclic) bond motifs is 1. The molecule has 0 amide bonds. The number of pyridine rings is 1. The van der Waals surface area contributed by atoms with E-state index in [1.54, 1.807) is 6.33 Å². The fourth-order valence-electron chi connectivity index (χ4n) is 9.92. The van der Waals surface area contributed by atoms with E-state index in [9.17, 15) is 5.11 Å². The van der Waals surface area contributed by atoms with Gasteiger partial charge in [-0.25, -0.2) is 15.0 Å². The Kier molecular flexibility index (Phi) is 14.1. The molecule has 0 bridgehead atoms. The average Bonchev–Trinajstić information content (AvgIpc) is 3.77. The number of rotatable bonds is 8. The zero-order valence-electron chi connectivity index (χ0n) is 45.2. The van der Waals surface area contributed by atoms with E-state index in [4.69, 9.17) is 15.0 Å². The van der Waals surface area contributed by atoms with Gasteiger partial charge in [-0.3, -0.25) is 4.98 Å². The monoisotopic (exact) mass is 1160 g/mol. The van der Waals surface area contributed by atoms with Crippen LogP contribution in [-0.2, 0) is 42.7 Å². The van der Waals surface area contributed by atoms with Gasteiger partial charge in [0.05, 0.1) is 17.7 Å². The number of imidazole rings is 1. The van der Waals surface area contributed by atoms with Crippen molar-refractivity contribution in [3.05, 3.63) is 205 Å². The number of hydrogen-bond acceptors (Lipinski definition) is 5. The summed E-state index contributed by atoms with van der Waals surface area (Å²) in [4.78, 5) is 20.3. The molecular formula is C68H66N5OPt-. The Bertz CT molecular complexity index is 3640. The van der Waals surface area contributed by atoms with Crippen LogP contribution in [0.4, 0.5) is 0 Å². The Balaban J connectivity index is 0.00000689. The summed E-state index contributed by atoms with van der Waals surface area (Å²) in [5.74, 6) is 0.923. The number of phenols is 1. The first-order valence-corrected chi connectivity index (χ1v) is 25.8. The molecule has 3 aromatic heterocycles. The van der Waals surface area contributed by atoms with Crippen LogP contribution in [0.3, 0.4) is 0 Å². The molecule has 0 radical (unpaired) electrons. The van der Waals surface area contributed by atoms with Crippen molar-refractivity contribution in [2.24, 2.45) is 0 Å². The predicted molar refractivity (Wildman–Crippen MR) is 308 cm³/mol. The standard InChI is InChI=1S/C68H66N5O.Pt/c1-65(2,3)49-31-32-59(54(38-49)45-27-20-15-21-28-45)73-60-41-69-42-70-63(60)72-64(73)48-33-46(34-50(35-48)66(4,5)6)57-36-47(37-58(71-57)55-39-51(67(7,8)9)40-56(62(55)74)68(10,11)12)61-52(43-23-16-13-17-24-43)29-22-30-53(61)44-25-18-14-19-26-44;/h13-32,34-42,74H,1-12H3;/q-1;. The molecule has 0 saturated carbocycles. The number of aromatic nitrogens is 5. The normalized spacial score (nSPS) is 12.2. The van der Waals surface area contributed by atoms with Gasteiger partial charge in [-0.15, -0.1) is 23.8 Å². The molecule has 6 nitrogen and oxygen atoms in total. The topological polar surface area (TPSA) is 76.7 Å². The van der Waals surface area contributed by atoms with E-state index in [2.05, 4.69) is 262 Å². The summed E-state index contributed by atoms with van der Waals surface area (Å²) in [5, 5.41) is 12.6. The first-order valence-electron chi connectivity index (χ1n) is 25.8. The Hall–Kier alpha value is -7.27. The predicted octanol–water partition coefficient (Wildman–Crippen LogP) is 17.6. The van der Waals surface area contributed by atoms with Crippen LogP contribution in [0.1, 0.15) is 105 Å². The van der Waals surface area contributed by atoms with Gasteiger partial charge in [-0.1, -0.05) is 222 Å². The van der Waals surface area contributed by atoms with Crippen LogP contribution in [0.15, 0.2) is 176 Å². The Morgan fingerprint density at radius 2 is 0.973 bits per heavy atom. The molecule has 10 aromatic rings. The number of hydrogen-bond donors (Lipinski definition) is 1. The fraction of sp³-hybridized carbons (Fsp3) is 0.235. The Labute approximate surface area is 458 Å². The van der Waals surface area contributed by atoms with Gasteiger partial charge in [0.2, 0.25) is 0 Å². The van der Waals surface area contributed by atoms with Crippen LogP contribution in [-0.4, -0.2) is 29.6 Å². The van der Waals surface area contributed by atoms with Crippen LogP contribution < -0.4 is 0 Å². The molecular weight excluding hydrogens is 1100 g/mol. The molecule has 380 valence electrons. The minimum Gasteiger partial charge on any atom is -0.507 e. The molecule has 0 aliphatic carbocycles. The van der Waals surface area contributed by atoms with Crippen LogP contribution in [0.2, 0.25) is 0 Å². The summed E-state index contributed by atoms with van der Waals surface area (Å²) in [6, 6.07) is 62.2. The van der Waals surface area contributed by atoms with Crippen LogP contribution in [0.25, 0.3) is 95.3 Å². The minimum atomic E-state index is -0.353. The third kappa shape index (κ3) is 10.6. The minimum absolute atomic E-state index is 0. The summed E-state index contributed by atoms with van der Waals surface area (Å²) in [7, 11) is 0. The van der Waals surface area contributed by atoms with Crippen molar-refractivity contribution in [1.29, 1.82) is 0 Å². The van der Waals surface area contributed by atoms with E-state index in [0.717, 1.165) is 83.5 Å². The Morgan fingerprint density at radius 1 is 0.453 bits per heavy atom. The molecule has 0 unspecified atom stereocenters. The molecule has 10 rings (SSSR count). The van der Waals surface area contributed by atoms with E-state index in [1.165, 1.54) is 5.56 Å². The van der Waals surface area contributed by atoms with Crippen molar-refractivity contribution in [3.8, 4) is 89.8 Å². The SMILES string of the molecule is CC(C)(C)c1cc(-c2cc(-c3c(-c4ccccc4)cccc3-c3ccccc3)cc(-c3cc(C(C)(C)C)cc(C(C)(C)C)c3O)n2)[c-]c(-c2nc3ncncc3n2-c2ccc(C(C)(C)C)cc2-c2ccccc2)c1.[Pt]. The van der Waals surface area contributed by atoms with E-state index in [0.29, 0.717) is 28.4 Å². The number of nitrogens with zero attached hydrogens (tertiary/aromatic N) is 5. The van der Waals surface area contributed by atoms with Gasteiger partial charge in [-0.2, -0.15) is 0 Å². The fourth-order valence-corrected chi connectivity index (χ4v) is 9.92. The second-order valence-corrected chi connectivity index (χ2v) is 23.8. The second-order valence-electron chi connectivity index (χ2n) is 23.8. The Morgan fingerprint density at radius 3 is 1.53 bits per heavy atom. The molecule has 0 saturated heterocycles.